The smallest absolute Gasteiger partial charge is 0.129 e. The van der Waals surface area contributed by atoms with Crippen LogP contribution in [0.3, 0.4) is 0 Å². The molecule has 112 valence electrons. The molecular weight excluding hydrogens is 292 g/mol. The zero-order valence-corrected chi connectivity index (χ0v) is 11.9. The third kappa shape index (κ3) is 3.06. The van der Waals surface area contributed by atoms with Gasteiger partial charge < -0.3 is 15.2 Å². The highest BCUT2D eigenvalue weighted by Crippen LogP contribution is 2.50. The molecule has 0 spiro atoms. The topological polar surface area (TPSA) is 94.0 Å². The molecule has 1 aliphatic rings. The predicted octanol–water partition coefficient (Wildman–Crippen LogP) is 3.22. The first-order valence-corrected chi connectivity index (χ1v) is 7.97. The van der Waals surface area contributed by atoms with Crippen LogP contribution in [0.25, 0.3) is 0 Å². The van der Waals surface area contributed by atoms with Crippen LogP contribution >= 0.6 is 10.8 Å². The van der Waals surface area contributed by atoms with Gasteiger partial charge in [-0.15, -0.1) is 10.8 Å². The van der Waals surface area contributed by atoms with Crippen molar-refractivity contribution in [2.45, 2.75) is 4.90 Å². The van der Waals surface area contributed by atoms with Gasteiger partial charge in [0.15, 0.2) is 0 Å². The van der Waals surface area contributed by atoms with E-state index in [4.69, 9.17) is 4.74 Å². The van der Waals surface area contributed by atoms with Crippen LogP contribution in [0, 0.1) is 0 Å². The van der Waals surface area contributed by atoms with Gasteiger partial charge in [0.05, 0.1) is 5.69 Å². The van der Waals surface area contributed by atoms with E-state index in [0.29, 0.717) is 35.2 Å². The summed E-state index contributed by atoms with van der Waals surface area (Å²) < 4.78 is 28.6. The van der Waals surface area contributed by atoms with Gasteiger partial charge in [0.2, 0.25) is 0 Å². The molecular formula is C14H16N2O4S. The van der Waals surface area contributed by atoms with Gasteiger partial charge in [0, 0.05) is 19.2 Å². The van der Waals surface area contributed by atoms with Gasteiger partial charge in [-0.25, -0.2) is 4.72 Å². The Balaban J connectivity index is 1.91. The average Bonchev–Trinajstić information content (AvgIpc) is 2.61. The highest BCUT2D eigenvalue weighted by Gasteiger charge is 2.22. The molecule has 0 atom stereocenters. The highest BCUT2D eigenvalue weighted by molar-refractivity contribution is 8.22. The Labute approximate surface area is 123 Å². The lowest BCUT2D eigenvalue weighted by molar-refractivity contribution is 0.461. The van der Waals surface area contributed by atoms with Crippen molar-refractivity contribution in [1.82, 2.24) is 4.72 Å². The summed E-state index contributed by atoms with van der Waals surface area (Å²) in [5, 5.41) is 12.4. The molecule has 1 aliphatic heterocycles. The highest BCUT2D eigenvalue weighted by atomic mass is 32.3. The maximum absolute atomic E-state index is 10.1. The summed E-state index contributed by atoms with van der Waals surface area (Å²) >= 11 is 0. The first-order chi connectivity index (χ1) is 10.0. The van der Waals surface area contributed by atoms with Crippen LogP contribution in [0.4, 0.5) is 5.69 Å². The Morgan fingerprint density at radius 3 is 2.43 bits per heavy atom. The second-order valence-electron chi connectivity index (χ2n) is 4.62. The monoisotopic (exact) mass is 308 g/mol. The number of nitrogens with one attached hydrogen (secondary N) is 2. The van der Waals surface area contributed by atoms with Gasteiger partial charge in [0.25, 0.3) is 0 Å². The third-order valence-corrected chi connectivity index (χ3v) is 4.63. The van der Waals surface area contributed by atoms with Crippen molar-refractivity contribution >= 4 is 16.5 Å². The quantitative estimate of drug-likeness (QED) is 0.585. The lowest BCUT2D eigenvalue weighted by Crippen LogP contribution is -2.22. The lowest BCUT2D eigenvalue weighted by Gasteiger charge is -2.32. The molecule has 2 aromatic carbocycles. The summed E-state index contributed by atoms with van der Waals surface area (Å²) in [7, 11) is -3.03. The standard InChI is InChI=1S/C14H16N2O4S/c17-10-1-3-11(4-2-10)20-12-5-6-13-14(9-12)21(18,19)16-8-7-15-13/h1-6,9,15-19H,7-8H2. The molecule has 0 saturated heterocycles. The average molecular weight is 308 g/mol. The fourth-order valence-electron chi connectivity index (χ4n) is 2.07. The van der Waals surface area contributed by atoms with Crippen molar-refractivity contribution in [3.63, 3.8) is 0 Å². The van der Waals surface area contributed by atoms with Gasteiger partial charge in [-0.05, 0) is 36.4 Å². The lowest BCUT2D eigenvalue weighted by atomic mass is 10.3. The molecule has 5 N–H and O–H groups in total. The maximum atomic E-state index is 10.1. The molecule has 0 amide bonds. The third-order valence-electron chi connectivity index (χ3n) is 3.08. The van der Waals surface area contributed by atoms with Crippen molar-refractivity contribution < 1.29 is 18.9 Å². The molecule has 6 nitrogen and oxygen atoms in total. The molecule has 1 heterocycles. The summed E-state index contributed by atoms with van der Waals surface area (Å²) in [6, 6.07) is 11.4. The molecule has 0 aliphatic carbocycles. The number of hydrogen-bond donors (Lipinski definition) is 5. The number of ether oxygens (including phenoxy) is 1. The van der Waals surface area contributed by atoms with Gasteiger partial charge >= 0.3 is 0 Å². The van der Waals surface area contributed by atoms with E-state index in [-0.39, 0.29) is 5.75 Å². The van der Waals surface area contributed by atoms with E-state index in [1.54, 1.807) is 30.3 Å². The molecule has 21 heavy (non-hydrogen) atoms. The summed E-state index contributed by atoms with van der Waals surface area (Å²) in [5.41, 5.74) is 0.679. The van der Waals surface area contributed by atoms with Gasteiger partial charge in [0.1, 0.15) is 22.1 Å². The Hall–Kier alpha value is -1.93. The largest absolute Gasteiger partial charge is 0.508 e. The van der Waals surface area contributed by atoms with Crippen molar-refractivity contribution in [2.24, 2.45) is 0 Å². The zero-order chi connectivity index (χ0) is 14.9. The first-order valence-electron chi connectivity index (χ1n) is 6.42. The Morgan fingerprint density at radius 1 is 0.952 bits per heavy atom. The van der Waals surface area contributed by atoms with E-state index in [1.807, 2.05) is 0 Å². The fourth-order valence-corrected chi connectivity index (χ4v) is 3.34. The number of anilines is 1. The normalized spacial score (nSPS) is 18.0. The first kappa shape index (κ1) is 14.0. The zero-order valence-electron chi connectivity index (χ0n) is 11.1. The van der Waals surface area contributed by atoms with Crippen LogP contribution in [-0.4, -0.2) is 27.3 Å². The summed E-state index contributed by atoms with van der Waals surface area (Å²) in [5.74, 6) is 1.20. The number of hydrogen-bond acceptors (Lipinski definition) is 6. The molecule has 0 saturated carbocycles. The Morgan fingerprint density at radius 2 is 1.67 bits per heavy atom. The van der Waals surface area contributed by atoms with E-state index in [1.165, 1.54) is 12.1 Å². The minimum absolute atomic E-state index is 0.159. The molecule has 3 rings (SSSR count). The van der Waals surface area contributed by atoms with Crippen LogP contribution < -0.4 is 14.8 Å². The molecule has 7 heteroatoms. The van der Waals surface area contributed by atoms with Crippen molar-refractivity contribution in [2.75, 3.05) is 18.4 Å². The molecule has 0 radical (unpaired) electrons. The van der Waals surface area contributed by atoms with Crippen LogP contribution in [0.2, 0.25) is 0 Å². The fraction of sp³-hybridized carbons (Fsp3) is 0.143. The second kappa shape index (κ2) is 5.45. The van der Waals surface area contributed by atoms with Crippen molar-refractivity contribution in [3.05, 3.63) is 42.5 Å². The van der Waals surface area contributed by atoms with Crippen LogP contribution in [0.15, 0.2) is 47.4 Å². The van der Waals surface area contributed by atoms with Crippen molar-refractivity contribution in [3.8, 4) is 17.2 Å². The van der Waals surface area contributed by atoms with Crippen molar-refractivity contribution in [1.29, 1.82) is 0 Å². The summed E-state index contributed by atoms with van der Waals surface area (Å²) in [6.45, 7) is 1.08. The number of rotatable bonds is 2. The van der Waals surface area contributed by atoms with Crippen LogP contribution in [0.5, 0.6) is 17.2 Å². The van der Waals surface area contributed by atoms with E-state index >= 15 is 0 Å². The van der Waals surface area contributed by atoms with E-state index in [0.717, 1.165) is 0 Å². The number of benzene rings is 2. The molecule has 2 aromatic rings. The second-order valence-corrected chi connectivity index (χ2v) is 6.45. The number of aromatic hydroxyl groups is 1. The van der Waals surface area contributed by atoms with Crippen LogP contribution in [0.1, 0.15) is 0 Å². The van der Waals surface area contributed by atoms with Crippen LogP contribution in [-0.2, 0) is 0 Å². The summed E-state index contributed by atoms with van der Waals surface area (Å²) in [6.07, 6.45) is 0. The molecule has 0 bridgehead atoms. The van der Waals surface area contributed by atoms with Gasteiger partial charge in [-0.3, -0.25) is 9.11 Å². The predicted molar refractivity (Wildman–Crippen MR) is 82.2 cm³/mol. The minimum atomic E-state index is -3.03. The van der Waals surface area contributed by atoms with E-state index in [2.05, 4.69) is 10.0 Å². The SMILES string of the molecule is Oc1ccc(Oc2ccc3c(c2)S(O)(O)NCCN3)cc1. The van der Waals surface area contributed by atoms with E-state index in [9.17, 15) is 14.2 Å². The van der Waals surface area contributed by atoms with Gasteiger partial charge in [-0.1, -0.05) is 0 Å². The summed E-state index contributed by atoms with van der Waals surface area (Å²) in [4.78, 5) is 0.385. The minimum Gasteiger partial charge on any atom is -0.508 e. The van der Waals surface area contributed by atoms with E-state index < -0.39 is 10.8 Å². The molecule has 0 fully saturated rings. The Kier molecular flexibility index (Phi) is 3.64. The Bertz CT molecular complexity index is 646. The maximum Gasteiger partial charge on any atom is 0.129 e. The number of phenolic OH excluding ortho intramolecular Hbond substituents is 1. The molecule has 0 unspecified atom stereocenters. The van der Waals surface area contributed by atoms with Gasteiger partial charge in [-0.2, -0.15) is 0 Å². The number of fused-ring (bicyclic) bond motifs is 1. The molecule has 0 aromatic heterocycles. The number of phenols is 1.